The molecule has 0 aromatic carbocycles. The van der Waals surface area contributed by atoms with Crippen molar-refractivity contribution in [2.45, 2.75) is 6.92 Å². The van der Waals surface area contributed by atoms with E-state index < -0.39 is 10.1 Å². The summed E-state index contributed by atoms with van der Waals surface area (Å²) in [5, 5.41) is 0.955. The molecule has 0 aliphatic carbocycles. The minimum absolute atomic E-state index is 0.150. The molecule has 0 aliphatic heterocycles. The minimum Gasteiger partial charge on any atom is -0.327 e. The van der Waals surface area contributed by atoms with E-state index in [2.05, 4.69) is 4.18 Å². The van der Waals surface area contributed by atoms with Gasteiger partial charge in [-0.1, -0.05) is 6.08 Å². The Morgan fingerprint density at radius 2 is 2.20 bits per heavy atom. The highest BCUT2D eigenvalue weighted by Gasteiger charge is 2.01. The summed E-state index contributed by atoms with van der Waals surface area (Å²) in [4.78, 5) is 0. The number of rotatable bonds is 4. The number of nitrogens with two attached hydrogens (primary N) is 1. The largest absolute Gasteiger partial charge is 0.327 e. The van der Waals surface area contributed by atoms with Gasteiger partial charge >= 0.3 is 0 Å². The maximum atomic E-state index is 10.6. The van der Waals surface area contributed by atoms with Gasteiger partial charge in [0, 0.05) is 6.54 Å². The van der Waals surface area contributed by atoms with Gasteiger partial charge in [-0.25, -0.2) is 0 Å². The van der Waals surface area contributed by atoms with Crippen LogP contribution in [0.5, 0.6) is 0 Å². The molecule has 0 aromatic heterocycles. The fourth-order valence-corrected chi connectivity index (χ4v) is 1.13. The Morgan fingerprint density at radius 1 is 1.60 bits per heavy atom. The molecule has 60 valence electrons. The van der Waals surface area contributed by atoms with Gasteiger partial charge in [0.1, 0.15) is 0 Å². The van der Waals surface area contributed by atoms with Crippen LogP contribution in [0, 0.1) is 0 Å². The van der Waals surface area contributed by atoms with E-state index in [9.17, 15) is 8.42 Å². The molecule has 0 aliphatic rings. The average Bonchev–Trinajstić information content (AvgIpc) is 1.84. The first-order valence-electron chi connectivity index (χ1n) is 2.88. The summed E-state index contributed by atoms with van der Waals surface area (Å²) in [5.41, 5.74) is 5.03. The van der Waals surface area contributed by atoms with E-state index in [0.29, 0.717) is 0 Å². The molecule has 0 heterocycles. The zero-order valence-electron chi connectivity index (χ0n) is 5.78. The quantitative estimate of drug-likeness (QED) is 0.587. The monoisotopic (exact) mass is 165 g/mol. The Labute approximate surface area is 60.8 Å². The summed E-state index contributed by atoms with van der Waals surface area (Å²) in [7, 11) is -3.45. The third-order valence-electron chi connectivity index (χ3n) is 0.681. The fraction of sp³-hybridized carbons (Fsp3) is 0.600. The highest BCUT2D eigenvalue weighted by molar-refractivity contribution is 7.89. The molecular formula is C5H11NO3S. The summed E-state index contributed by atoms with van der Waals surface area (Å²) in [5.74, 6) is 0. The van der Waals surface area contributed by atoms with Crippen LogP contribution >= 0.6 is 0 Å². The van der Waals surface area contributed by atoms with Gasteiger partial charge in [-0.3, -0.25) is 4.18 Å². The van der Waals surface area contributed by atoms with Crippen LogP contribution in [0.4, 0.5) is 0 Å². The maximum Gasteiger partial charge on any atom is 0.289 e. The fourth-order valence-electron chi connectivity index (χ4n) is 0.377. The van der Waals surface area contributed by atoms with Crippen LogP contribution in [-0.2, 0) is 14.3 Å². The molecule has 0 aromatic rings. The molecule has 4 nitrogen and oxygen atoms in total. The number of hydrogen-bond donors (Lipinski definition) is 1. The second kappa shape index (κ2) is 4.43. The van der Waals surface area contributed by atoms with Gasteiger partial charge in [-0.15, -0.1) is 0 Å². The van der Waals surface area contributed by atoms with Gasteiger partial charge in [0.25, 0.3) is 10.1 Å². The van der Waals surface area contributed by atoms with Crippen molar-refractivity contribution in [3.05, 3.63) is 11.5 Å². The van der Waals surface area contributed by atoms with Gasteiger partial charge < -0.3 is 5.73 Å². The molecule has 2 N–H and O–H groups in total. The first-order valence-corrected chi connectivity index (χ1v) is 4.35. The van der Waals surface area contributed by atoms with Gasteiger partial charge in [-0.05, 0) is 6.92 Å². The predicted octanol–water partition coefficient (Wildman–Crippen LogP) is -0.175. The molecule has 10 heavy (non-hydrogen) atoms. The average molecular weight is 165 g/mol. The second-order valence-electron chi connectivity index (χ2n) is 1.51. The van der Waals surface area contributed by atoms with Gasteiger partial charge in [0.05, 0.1) is 12.0 Å². The molecule has 0 atom stereocenters. The Balaban J connectivity index is 4.01. The summed E-state index contributed by atoms with van der Waals surface area (Å²) >= 11 is 0. The summed E-state index contributed by atoms with van der Waals surface area (Å²) < 4.78 is 25.6. The molecule has 0 unspecified atom stereocenters. The first-order chi connectivity index (χ1) is 4.62. The Bertz CT molecular complexity index is 195. The van der Waals surface area contributed by atoms with Crippen molar-refractivity contribution >= 4 is 10.1 Å². The minimum atomic E-state index is -3.45. The van der Waals surface area contributed by atoms with Crippen LogP contribution in [0.2, 0.25) is 0 Å². The van der Waals surface area contributed by atoms with E-state index in [1.807, 2.05) is 0 Å². The lowest BCUT2D eigenvalue weighted by atomic mass is 10.7. The molecular weight excluding hydrogens is 154 g/mol. The molecule has 0 fully saturated rings. The van der Waals surface area contributed by atoms with E-state index in [1.165, 1.54) is 6.08 Å². The second-order valence-corrected chi connectivity index (χ2v) is 3.00. The third-order valence-corrected chi connectivity index (χ3v) is 1.77. The van der Waals surface area contributed by atoms with Crippen molar-refractivity contribution in [3.8, 4) is 0 Å². The SMILES string of the molecule is CCOS(=O)(=O)/C=C/CN. The van der Waals surface area contributed by atoms with Crippen molar-refractivity contribution in [1.82, 2.24) is 0 Å². The Kier molecular flexibility index (Phi) is 4.26. The van der Waals surface area contributed by atoms with E-state index in [-0.39, 0.29) is 13.2 Å². The molecule has 0 spiro atoms. The van der Waals surface area contributed by atoms with E-state index in [0.717, 1.165) is 5.41 Å². The van der Waals surface area contributed by atoms with Crippen LogP contribution < -0.4 is 5.73 Å². The lowest BCUT2D eigenvalue weighted by Gasteiger charge is -1.94. The van der Waals surface area contributed by atoms with Gasteiger partial charge in [-0.2, -0.15) is 8.42 Å². The molecule has 0 radical (unpaired) electrons. The van der Waals surface area contributed by atoms with E-state index in [4.69, 9.17) is 5.73 Å². The lowest BCUT2D eigenvalue weighted by molar-refractivity contribution is 0.344. The van der Waals surface area contributed by atoms with Gasteiger partial charge in [0.2, 0.25) is 0 Å². The predicted molar refractivity (Wildman–Crippen MR) is 38.7 cm³/mol. The smallest absolute Gasteiger partial charge is 0.289 e. The summed E-state index contributed by atoms with van der Waals surface area (Å²) in [6.45, 7) is 1.96. The Morgan fingerprint density at radius 3 is 2.60 bits per heavy atom. The molecule has 0 saturated heterocycles. The molecule has 0 saturated carbocycles. The molecule has 0 amide bonds. The van der Waals surface area contributed by atoms with Crippen LogP contribution in [0.3, 0.4) is 0 Å². The first kappa shape index (κ1) is 9.61. The van der Waals surface area contributed by atoms with E-state index >= 15 is 0 Å². The third kappa shape index (κ3) is 4.49. The van der Waals surface area contributed by atoms with Crippen molar-refractivity contribution in [2.75, 3.05) is 13.2 Å². The van der Waals surface area contributed by atoms with Crippen molar-refractivity contribution in [1.29, 1.82) is 0 Å². The number of hydrogen-bond acceptors (Lipinski definition) is 4. The lowest BCUT2D eigenvalue weighted by Crippen LogP contribution is -2.02. The van der Waals surface area contributed by atoms with Crippen molar-refractivity contribution in [3.63, 3.8) is 0 Å². The van der Waals surface area contributed by atoms with E-state index in [1.54, 1.807) is 6.92 Å². The van der Waals surface area contributed by atoms with Crippen LogP contribution in [0.25, 0.3) is 0 Å². The van der Waals surface area contributed by atoms with Crippen molar-refractivity contribution in [2.24, 2.45) is 5.73 Å². The normalized spacial score (nSPS) is 12.6. The highest BCUT2D eigenvalue weighted by atomic mass is 32.2. The van der Waals surface area contributed by atoms with Crippen LogP contribution in [0.15, 0.2) is 11.5 Å². The highest BCUT2D eigenvalue weighted by Crippen LogP contribution is 1.93. The summed E-state index contributed by atoms with van der Waals surface area (Å²) in [6.07, 6.45) is 1.32. The summed E-state index contributed by atoms with van der Waals surface area (Å²) in [6, 6.07) is 0. The molecule has 0 bridgehead atoms. The van der Waals surface area contributed by atoms with Crippen LogP contribution in [0.1, 0.15) is 6.92 Å². The zero-order valence-corrected chi connectivity index (χ0v) is 6.60. The van der Waals surface area contributed by atoms with Gasteiger partial charge in [0.15, 0.2) is 0 Å². The van der Waals surface area contributed by atoms with Crippen LogP contribution in [-0.4, -0.2) is 21.6 Å². The van der Waals surface area contributed by atoms with Crippen molar-refractivity contribution < 1.29 is 12.6 Å². The topological polar surface area (TPSA) is 69.4 Å². The molecule has 0 rings (SSSR count). The zero-order chi connectivity index (χ0) is 8.04. The maximum absolute atomic E-state index is 10.6. The Hall–Kier alpha value is -0.390. The molecule has 5 heteroatoms. The standard InChI is InChI=1S/C5H11NO3S/c1-2-9-10(7,8)5-3-4-6/h3,5H,2,4,6H2,1H3/b5-3+.